The van der Waals surface area contributed by atoms with Crippen LogP contribution >= 0.6 is 0 Å². The summed E-state index contributed by atoms with van der Waals surface area (Å²) in [7, 11) is -2.30. The predicted octanol–water partition coefficient (Wildman–Crippen LogP) is 2.65. The summed E-state index contributed by atoms with van der Waals surface area (Å²) in [4.78, 5) is 27.6. The van der Waals surface area contributed by atoms with E-state index in [1.165, 1.54) is 12.0 Å². The number of amides is 2. The van der Waals surface area contributed by atoms with E-state index >= 15 is 0 Å². The molecule has 2 aromatic rings. The molecule has 180 valence electrons. The molecule has 0 fully saturated rings. The number of hydrogen-bond acceptors (Lipinski definition) is 5. The maximum absolute atomic E-state index is 13.4. The fraction of sp³-hybridized carbons (Fsp3) is 0.417. The molecule has 8 nitrogen and oxygen atoms in total. The molecule has 33 heavy (non-hydrogen) atoms. The Labute approximate surface area is 196 Å². The molecule has 9 heteroatoms. The van der Waals surface area contributed by atoms with Crippen molar-refractivity contribution >= 4 is 27.5 Å². The lowest BCUT2D eigenvalue weighted by Gasteiger charge is -2.31. The van der Waals surface area contributed by atoms with Gasteiger partial charge in [-0.2, -0.15) is 0 Å². The second kappa shape index (κ2) is 11.7. The van der Waals surface area contributed by atoms with Crippen molar-refractivity contribution in [3.05, 3.63) is 60.2 Å². The smallest absolute Gasteiger partial charge is 0.244 e. The average molecular weight is 476 g/mol. The summed E-state index contributed by atoms with van der Waals surface area (Å²) in [6.07, 6.45) is 1.04. The predicted molar refractivity (Wildman–Crippen MR) is 129 cm³/mol. The number of ether oxygens (including phenoxy) is 1. The van der Waals surface area contributed by atoms with Gasteiger partial charge in [0.25, 0.3) is 0 Å². The molecule has 0 aliphatic rings. The highest BCUT2D eigenvalue weighted by atomic mass is 32.2. The molecule has 0 saturated heterocycles. The number of carbonyl (C=O) groups excluding carboxylic acids is 2. The third-order valence-corrected chi connectivity index (χ3v) is 6.21. The van der Waals surface area contributed by atoms with Crippen LogP contribution < -0.4 is 14.4 Å². The molecule has 1 atom stereocenters. The van der Waals surface area contributed by atoms with Crippen LogP contribution in [0.25, 0.3) is 0 Å². The van der Waals surface area contributed by atoms with Crippen LogP contribution in [0.2, 0.25) is 0 Å². The van der Waals surface area contributed by atoms with Crippen molar-refractivity contribution in [3.63, 3.8) is 0 Å². The molecule has 0 spiro atoms. The van der Waals surface area contributed by atoms with E-state index in [-0.39, 0.29) is 18.4 Å². The van der Waals surface area contributed by atoms with Crippen molar-refractivity contribution in [2.75, 3.05) is 30.8 Å². The minimum atomic E-state index is -3.78. The molecule has 0 bridgehead atoms. The number of carbonyl (C=O) groups is 2. The first-order valence-electron chi connectivity index (χ1n) is 10.8. The zero-order valence-corrected chi connectivity index (χ0v) is 20.6. The molecule has 0 radical (unpaired) electrons. The summed E-state index contributed by atoms with van der Waals surface area (Å²) in [6, 6.07) is 15.0. The van der Waals surface area contributed by atoms with E-state index in [0.717, 1.165) is 16.1 Å². The van der Waals surface area contributed by atoms with Gasteiger partial charge in [-0.15, -0.1) is 0 Å². The zero-order chi connectivity index (χ0) is 24.6. The molecule has 0 aromatic heterocycles. The van der Waals surface area contributed by atoms with Crippen LogP contribution in [0.5, 0.6) is 5.75 Å². The lowest BCUT2D eigenvalue weighted by atomic mass is 10.1. The van der Waals surface area contributed by atoms with Crippen LogP contribution in [-0.4, -0.2) is 57.6 Å². The largest absolute Gasteiger partial charge is 0.497 e. The lowest BCUT2D eigenvalue weighted by Crippen LogP contribution is -2.51. The molecular formula is C24H33N3O5S. The third-order valence-electron chi connectivity index (χ3n) is 5.07. The lowest BCUT2D eigenvalue weighted by molar-refractivity contribution is -0.139. The number of benzene rings is 2. The molecule has 0 aliphatic carbocycles. The van der Waals surface area contributed by atoms with Gasteiger partial charge < -0.3 is 15.0 Å². The maximum Gasteiger partial charge on any atom is 0.244 e. The summed E-state index contributed by atoms with van der Waals surface area (Å²) in [5.41, 5.74) is 1.14. The van der Waals surface area contributed by atoms with Gasteiger partial charge in [0.05, 0.1) is 19.1 Å². The minimum Gasteiger partial charge on any atom is -0.497 e. The number of nitrogens with zero attached hydrogens (tertiary/aromatic N) is 2. The maximum atomic E-state index is 13.4. The quantitative estimate of drug-likeness (QED) is 0.539. The minimum absolute atomic E-state index is 0.172. The standard InChI is InChI=1S/C24H33N3O5S/c1-18(2)15-25-24(29)19(3)26(16-20-10-7-6-8-11-20)23(28)17-27(33(5,30)31)21-12-9-13-22(14-21)32-4/h6-14,18-19H,15-17H2,1-5H3,(H,25,29)/t19-/m1/s1. The number of nitrogens with one attached hydrogen (secondary N) is 1. The van der Waals surface area contributed by atoms with Crippen LogP contribution in [0.4, 0.5) is 5.69 Å². The summed E-state index contributed by atoms with van der Waals surface area (Å²) in [5, 5.41) is 2.85. The summed E-state index contributed by atoms with van der Waals surface area (Å²) < 4.78 is 31.3. The first-order valence-corrected chi connectivity index (χ1v) is 12.6. The van der Waals surface area contributed by atoms with Crippen LogP contribution in [0.15, 0.2) is 54.6 Å². The number of hydrogen-bond donors (Lipinski definition) is 1. The van der Waals surface area contributed by atoms with Crippen LogP contribution in [0.3, 0.4) is 0 Å². The molecule has 2 aromatic carbocycles. The van der Waals surface area contributed by atoms with Crippen molar-refractivity contribution < 1.29 is 22.7 Å². The Morgan fingerprint density at radius 2 is 1.70 bits per heavy atom. The van der Waals surface area contributed by atoms with Gasteiger partial charge in [-0.05, 0) is 30.5 Å². The van der Waals surface area contributed by atoms with Crippen LogP contribution in [0.1, 0.15) is 26.3 Å². The van der Waals surface area contributed by atoms with E-state index in [1.54, 1.807) is 31.2 Å². The first-order chi connectivity index (χ1) is 15.5. The SMILES string of the molecule is COc1cccc(N(CC(=O)N(Cc2ccccc2)[C@H](C)C(=O)NCC(C)C)S(C)(=O)=O)c1. The summed E-state index contributed by atoms with van der Waals surface area (Å²) in [6.45, 7) is 5.82. The fourth-order valence-electron chi connectivity index (χ4n) is 3.19. The molecule has 0 heterocycles. The Balaban J connectivity index is 2.35. The van der Waals surface area contributed by atoms with Gasteiger partial charge in [0.15, 0.2) is 0 Å². The Hall–Kier alpha value is -3.07. The van der Waals surface area contributed by atoms with Crippen molar-refractivity contribution in [1.82, 2.24) is 10.2 Å². The van der Waals surface area contributed by atoms with Gasteiger partial charge in [-0.1, -0.05) is 50.2 Å². The molecule has 2 rings (SSSR count). The van der Waals surface area contributed by atoms with Gasteiger partial charge >= 0.3 is 0 Å². The molecular weight excluding hydrogens is 442 g/mol. The number of methoxy groups -OCH3 is 1. The molecule has 2 amide bonds. The van der Waals surface area contributed by atoms with Gasteiger partial charge in [0.2, 0.25) is 21.8 Å². The van der Waals surface area contributed by atoms with Crippen molar-refractivity contribution in [3.8, 4) is 5.75 Å². The van der Waals surface area contributed by atoms with Gasteiger partial charge in [0.1, 0.15) is 18.3 Å². The molecule has 0 unspecified atom stereocenters. The van der Waals surface area contributed by atoms with Crippen molar-refractivity contribution in [2.24, 2.45) is 5.92 Å². The Morgan fingerprint density at radius 3 is 2.27 bits per heavy atom. The van der Waals surface area contributed by atoms with Crippen LogP contribution in [0, 0.1) is 5.92 Å². The second-order valence-corrected chi connectivity index (χ2v) is 10.2. The van der Waals surface area contributed by atoms with Crippen molar-refractivity contribution in [1.29, 1.82) is 0 Å². The Kier molecular flexibility index (Phi) is 9.28. The normalized spacial score (nSPS) is 12.2. The topological polar surface area (TPSA) is 96.0 Å². The van der Waals surface area contributed by atoms with E-state index in [2.05, 4.69) is 5.32 Å². The number of rotatable bonds is 11. The van der Waals surface area contributed by atoms with Gasteiger partial charge in [-0.3, -0.25) is 13.9 Å². The first kappa shape index (κ1) is 26.2. The highest BCUT2D eigenvalue weighted by Gasteiger charge is 2.30. The number of anilines is 1. The van der Waals surface area contributed by atoms with E-state index in [9.17, 15) is 18.0 Å². The third kappa shape index (κ3) is 7.78. The highest BCUT2D eigenvalue weighted by molar-refractivity contribution is 7.92. The summed E-state index contributed by atoms with van der Waals surface area (Å²) >= 11 is 0. The average Bonchev–Trinajstić information content (AvgIpc) is 2.78. The highest BCUT2D eigenvalue weighted by Crippen LogP contribution is 2.23. The monoisotopic (exact) mass is 475 g/mol. The van der Waals surface area contributed by atoms with E-state index in [4.69, 9.17) is 4.74 Å². The van der Waals surface area contributed by atoms with Crippen molar-refractivity contribution in [2.45, 2.75) is 33.4 Å². The van der Waals surface area contributed by atoms with E-state index in [0.29, 0.717) is 18.0 Å². The molecule has 1 N–H and O–H groups in total. The van der Waals surface area contributed by atoms with Gasteiger partial charge in [0, 0.05) is 19.2 Å². The second-order valence-electron chi connectivity index (χ2n) is 8.29. The molecule has 0 aliphatic heterocycles. The van der Waals surface area contributed by atoms with Gasteiger partial charge in [-0.25, -0.2) is 8.42 Å². The van der Waals surface area contributed by atoms with E-state index < -0.39 is 28.5 Å². The number of sulfonamides is 1. The Bertz CT molecular complexity index is 1040. The molecule has 0 saturated carbocycles. The van der Waals surface area contributed by atoms with E-state index in [1.807, 2.05) is 44.2 Å². The van der Waals surface area contributed by atoms with Crippen LogP contribution in [-0.2, 0) is 26.2 Å². The fourth-order valence-corrected chi connectivity index (χ4v) is 4.04. The summed E-state index contributed by atoms with van der Waals surface area (Å²) in [5.74, 6) is -0.0519. The zero-order valence-electron chi connectivity index (χ0n) is 19.8. The Morgan fingerprint density at radius 1 is 1.03 bits per heavy atom.